The van der Waals surface area contributed by atoms with Crippen LogP contribution in [0.25, 0.3) is 0 Å². The minimum Gasteiger partial charge on any atom is -0.478 e. The summed E-state index contributed by atoms with van der Waals surface area (Å²) in [6.45, 7) is 0. The Morgan fingerprint density at radius 3 is 2.04 bits per heavy atom. The molecule has 24 heavy (non-hydrogen) atoms. The molecule has 0 spiro atoms. The third-order valence-corrected chi connectivity index (χ3v) is 4.72. The van der Waals surface area contributed by atoms with Crippen molar-refractivity contribution in [1.29, 1.82) is 0 Å². The lowest BCUT2D eigenvalue weighted by atomic mass is 10.1. The van der Waals surface area contributed by atoms with Crippen LogP contribution in [0.3, 0.4) is 0 Å². The maximum absolute atomic E-state index is 11.4. The summed E-state index contributed by atoms with van der Waals surface area (Å²) >= 11 is 0. The molecule has 4 N–H and O–H groups in total. The highest BCUT2D eigenvalue weighted by Gasteiger charge is 2.21. The fourth-order valence-corrected chi connectivity index (χ4v) is 3.05. The Bertz CT molecular complexity index is 1010. The number of nitrogens with one attached hydrogen (secondary N) is 1. The van der Waals surface area contributed by atoms with Gasteiger partial charge in [0.2, 0.25) is 0 Å². The molecular weight excluding hydrogens is 362 g/mol. The molecule has 0 saturated carbocycles. The number of para-hydroxylation sites is 1. The molecule has 9 nitrogen and oxygen atoms in total. The van der Waals surface area contributed by atoms with Crippen LogP contribution in [-0.2, 0) is 20.2 Å². The molecule has 0 aliphatic heterocycles. The Kier molecular flexibility index (Phi) is 4.62. The molecule has 0 aliphatic carbocycles. The fourth-order valence-electron chi connectivity index (χ4n) is 1.92. The van der Waals surface area contributed by atoms with Gasteiger partial charge in [0.05, 0.1) is 21.8 Å². The summed E-state index contributed by atoms with van der Waals surface area (Å²) in [5.74, 6) is -1.31. The molecule has 0 fully saturated rings. The molecule has 2 aromatic carbocycles. The van der Waals surface area contributed by atoms with Crippen LogP contribution in [-0.4, -0.2) is 37.0 Å². The van der Waals surface area contributed by atoms with Gasteiger partial charge in [-0.25, -0.2) is 4.79 Å². The summed E-state index contributed by atoms with van der Waals surface area (Å²) in [5.41, 5.74) is -0.667. The van der Waals surface area contributed by atoms with E-state index in [0.29, 0.717) is 0 Å². The maximum Gasteiger partial charge on any atom is 0.337 e. The normalized spacial score (nSPS) is 11.9. The van der Waals surface area contributed by atoms with Crippen molar-refractivity contribution in [3.05, 3.63) is 48.0 Å². The second-order valence-corrected chi connectivity index (χ2v) is 7.40. The van der Waals surface area contributed by atoms with E-state index in [4.69, 9.17) is 9.66 Å². The quantitative estimate of drug-likeness (QED) is 0.571. The molecule has 11 heteroatoms. The standard InChI is InChI=1S/C13H11NO8S2/c15-13(16)9-3-1-2-4-10(9)14-11-7-8(23(17,18)19)5-6-12(11)24(20,21)22/h1-7,14H,(H,15,16)(H,17,18,19)(H,20,21,22). The Morgan fingerprint density at radius 2 is 1.50 bits per heavy atom. The zero-order valence-electron chi connectivity index (χ0n) is 11.7. The van der Waals surface area contributed by atoms with Crippen LogP contribution in [0, 0.1) is 0 Å². The topological polar surface area (TPSA) is 158 Å². The van der Waals surface area contributed by atoms with Crippen molar-refractivity contribution in [2.75, 3.05) is 5.32 Å². The Morgan fingerprint density at radius 1 is 0.875 bits per heavy atom. The van der Waals surface area contributed by atoms with E-state index in [1.165, 1.54) is 24.3 Å². The predicted molar refractivity (Wildman–Crippen MR) is 82.8 cm³/mol. The van der Waals surface area contributed by atoms with Gasteiger partial charge in [-0.2, -0.15) is 16.8 Å². The van der Waals surface area contributed by atoms with Gasteiger partial charge >= 0.3 is 5.97 Å². The molecule has 0 amide bonds. The van der Waals surface area contributed by atoms with Crippen molar-refractivity contribution >= 4 is 37.6 Å². The number of anilines is 2. The van der Waals surface area contributed by atoms with E-state index >= 15 is 0 Å². The smallest absolute Gasteiger partial charge is 0.337 e. The van der Waals surface area contributed by atoms with Gasteiger partial charge < -0.3 is 10.4 Å². The summed E-state index contributed by atoms with van der Waals surface area (Å²) < 4.78 is 63.5. The van der Waals surface area contributed by atoms with Crippen LogP contribution >= 0.6 is 0 Å². The summed E-state index contributed by atoms with van der Waals surface area (Å²) in [6.07, 6.45) is 0. The molecule has 0 radical (unpaired) electrons. The molecule has 0 bridgehead atoms. The second-order valence-electron chi connectivity index (χ2n) is 4.58. The first-order valence-electron chi connectivity index (χ1n) is 6.18. The number of benzene rings is 2. The highest BCUT2D eigenvalue weighted by atomic mass is 32.2. The SMILES string of the molecule is O=C(O)c1ccccc1Nc1cc(S(=O)(=O)O)ccc1S(=O)(=O)O. The lowest BCUT2D eigenvalue weighted by Crippen LogP contribution is -2.08. The molecule has 0 unspecified atom stereocenters. The van der Waals surface area contributed by atoms with E-state index in [1.807, 2.05) is 0 Å². The van der Waals surface area contributed by atoms with Gasteiger partial charge in [-0.05, 0) is 30.3 Å². The number of hydrogen-bond donors (Lipinski definition) is 4. The first-order chi connectivity index (χ1) is 11.0. The van der Waals surface area contributed by atoms with Crippen LogP contribution in [0.15, 0.2) is 52.3 Å². The van der Waals surface area contributed by atoms with Crippen LogP contribution in [0.1, 0.15) is 10.4 Å². The van der Waals surface area contributed by atoms with Gasteiger partial charge in [0, 0.05) is 0 Å². The van der Waals surface area contributed by atoms with Crippen molar-refractivity contribution in [2.45, 2.75) is 9.79 Å². The van der Waals surface area contributed by atoms with Crippen molar-refractivity contribution in [3.63, 3.8) is 0 Å². The van der Waals surface area contributed by atoms with Crippen molar-refractivity contribution < 1.29 is 35.8 Å². The first-order valence-corrected chi connectivity index (χ1v) is 9.06. The number of hydrogen-bond acceptors (Lipinski definition) is 6. The molecule has 0 heterocycles. The third-order valence-electron chi connectivity index (χ3n) is 2.95. The predicted octanol–water partition coefficient (Wildman–Crippen LogP) is 1.62. The Balaban J connectivity index is 2.66. The van der Waals surface area contributed by atoms with Crippen molar-refractivity contribution in [3.8, 4) is 0 Å². The third kappa shape index (κ3) is 3.89. The van der Waals surface area contributed by atoms with E-state index in [0.717, 1.165) is 18.2 Å². The largest absolute Gasteiger partial charge is 0.478 e. The van der Waals surface area contributed by atoms with E-state index in [2.05, 4.69) is 5.32 Å². The second kappa shape index (κ2) is 6.20. The molecule has 0 atom stereocenters. The lowest BCUT2D eigenvalue weighted by Gasteiger charge is -2.13. The number of carbonyl (C=O) groups is 1. The average Bonchev–Trinajstić information content (AvgIpc) is 2.45. The van der Waals surface area contributed by atoms with Crippen LogP contribution < -0.4 is 5.32 Å². The van der Waals surface area contributed by atoms with E-state index in [-0.39, 0.29) is 11.3 Å². The van der Waals surface area contributed by atoms with Crippen LogP contribution in [0.2, 0.25) is 0 Å². The zero-order chi connectivity index (χ0) is 18.1. The van der Waals surface area contributed by atoms with E-state index in [1.54, 1.807) is 0 Å². The molecule has 2 rings (SSSR count). The van der Waals surface area contributed by atoms with Gasteiger partial charge in [-0.15, -0.1) is 0 Å². The number of carboxylic acids is 1. The summed E-state index contributed by atoms with van der Waals surface area (Å²) in [7, 11) is -9.37. The zero-order valence-corrected chi connectivity index (χ0v) is 13.4. The highest BCUT2D eigenvalue weighted by molar-refractivity contribution is 7.86. The average molecular weight is 373 g/mol. The molecular formula is C13H11NO8S2. The van der Waals surface area contributed by atoms with Gasteiger partial charge in [0.15, 0.2) is 0 Å². The number of aromatic carboxylic acids is 1. The number of carboxylic acid groups (broad SMARTS) is 1. The van der Waals surface area contributed by atoms with Gasteiger partial charge in [-0.3, -0.25) is 9.11 Å². The van der Waals surface area contributed by atoms with Gasteiger partial charge in [0.1, 0.15) is 4.90 Å². The Hall–Kier alpha value is -2.47. The summed E-state index contributed by atoms with van der Waals surface area (Å²) in [6, 6.07) is 7.77. The first kappa shape index (κ1) is 17.9. The lowest BCUT2D eigenvalue weighted by molar-refractivity contribution is 0.0698. The maximum atomic E-state index is 11.4. The highest BCUT2D eigenvalue weighted by Crippen LogP contribution is 2.29. The molecule has 2 aromatic rings. The number of rotatable bonds is 5. The minimum absolute atomic E-state index is 0.0395. The summed E-state index contributed by atoms with van der Waals surface area (Å²) in [5, 5.41) is 11.6. The van der Waals surface area contributed by atoms with Gasteiger partial charge in [0.25, 0.3) is 20.2 Å². The van der Waals surface area contributed by atoms with Gasteiger partial charge in [-0.1, -0.05) is 12.1 Å². The van der Waals surface area contributed by atoms with E-state index < -0.39 is 41.7 Å². The minimum atomic E-state index is -4.74. The fraction of sp³-hybridized carbons (Fsp3) is 0. The molecule has 0 aromatic heterocycles. The van der Waals surface area contributed by atoms with Crippen LogP contribution in [0.4, 0.5) is 11.4 Å². The molecule has 0 saturated heterocycles. The Labute approximate surface area is 137 Å². The summed E-state index contributed by atoms with van der Waals surface area (Å²) in [4.78, 5) is 9.86. The molecule has 128 valence electrons. The van der Waals surface area contributed by atoms with Crippen molar-refractivity contribution in [2.24, 2.45) is 0 Å². The van der Waals surface area contributed by atoms with Crippen molar-refractivity contribution in [1.82, 2.24) is 0 Å². The van der Waals surface area contributed by atoms with Crippen LogP contribution in [0.5, 0.6) is 0 Å². The molecule has 0 aliphatic rings. The van der Waals surface area contributed by atoms with E-state index in [9.17, 15) is 26.2 Å². The monoisotopic (exact) mass is 373 g/mol.